The van der Waals surface area contributed by atoms with Gasteiger partial charge in [0, 0.05) is 0 Å². The molecule has 28 heavy (non-hydrogen) atoms. The van der Waals surface area contributed by atoms with Crippen LogP contribution in [0, 0.1) is 0 Å². The van der Waals surface area contributed by atoms with Crippen LogP contribution in [0.25, 0.3) is 11.2 Å². The molecule has 0 amide bonds. The van der Waals surface area contributed by atoms with E-state index in [-0.39, 0.29) is 6.04 Å². The summed E-state index contributed by atoms with van der Waals surface area (Å²) in [4.78, 5) is 17.1. The van der Waals surface area contributed by atoms with Crippen LogP contribution < -0.4 is 5.32 Å². The summed E-state index contributed by atoms with van der Waals surface area (Å²) < 4.78 is 7.06. The molecule has 154 valence electrons. The van der Waals surface area contributed by atoms with Crippen LogP contribution in [0.4, 0.5) is 5.82 Å². The predicted octanol–water partition coefficient (Wildman–Crippen LogP) is -1.22. The first-order valence-corrected chi connectivity index (χ1v) is 8.90. The molecule has 0 bridgehead atoms. The van der Waals surface area contributed by atoms with Gasteiger partial charge in [-0.1, -0.05) is 0 Å². The number of aliphatic hydroxyl groups is 3. The predicted molar refractivity (Wildman–Crippen MR) is 89.9 cm³/mol. The zero-order valence-corrected chi connectivity index (χ0v) is 14.7. The third kappa shape index (κ3) is 3.54. The number of nitrogens with one attached hydrogen (secondary N) is 1. The van der Waals surface area contributed by atoms with Crippen molar-refractivity contribution in [3.8, 4) is 0 Å². The zero-order chi connectivity index (χ0) is 19.8. The van der Waals surface area contributed by atoms with Gasteiger partial charge >= 0.3 is 0 Å². The summed E-state index contributed by atoms with van der Waals surface area (Å²) in [7, 11) is 0. The van der Waals surface area contributed by atoms with Gasteiger partial charge < -0.3 is 25.4 Å². The molecule has 1 aliphatic carbocycles. The smallest absolute Gasteiger partial charge is 0.167 e. The molecule has 1 saturated heterocycles. The van der Waals surface area contributed by atoms with Gasteiger partial charge in [-0.05, 0) is 19.3 Å². The maximum absolute atomic E-state index is 10.3. The van der Waals surface area contributed by atoms with E-state index in [0.29, 0.717) is 17.0 Å². The molecule has 2 aromatic heterocycles. The third-order valence-electron chi connectivity index (χ3n) is 5.13. The van der Waals surface area contributed by atoms with Crippen molar-refractivity contribution in [3.63, 3.8) is 0 Å². The first-order chi connectivity index (χ1) is 13.5. The number of anilines is 1. The maximum Gasteiger partial charge on any atom is 0.167 e. The van der Waals surface area contributed by atoms with Gasteiger partial charge in [0.05, 0.1) is 23.9 Å². The molecule has 13 heteroatoms. The van der Waals surface area contributed by atoms with Crippen LogP contribution in [0.15, 0.2) is 12.7 Å². The number of hydrogen-bond acceptors (Lipinski definition) is 12. The van der Waals surface area contributed by atoms with Crippen LogP contribution >= 0.6 is 0 Å². The highest BCUT2D eigenvalue weighted by atomic mass is 17.1. The number of imidazole rings is 1. The summed E-state index contributed by atoms with van der Waals surface area (Å²) in [6.07, 6.45) is 0.0789. The van der Waals surface area contributed by atoms with Crippen molar-refractivity contribution < 1.29 is 35.3 Å². The monoisotopic (exact) mass is 398 g/mol. The van der Waals surface area contributed by atoms with Crippen molar-refractivity contribution in [1.29, 1.82) is 0 Å². The second-order valence-electron chi connectivity index (χ2n) is 6.89. The van der Waals surface area contributed by atoms with E-state index in [0.717, 1.165) is 19.3 Å². The van der Waals surface area contributed by atoms with Crippen molar-refractivity contribution in [2.75, 3.05) is 11.9 Å². The molecule has 1 aliphatic heterocycles. The second kappa shape index (κ2) is 7.81. The first-order valence-electron chi connectivity index (χ1n) is 8.90. The van der Waals surface area contributed by atoms with E-state index in [9.17, 15) is 15.3 Å². The van der Waals surface area contributed by atoms with Crippen molar-refractivity contribution in [1.82, 2.24) is 24.9 Å². The Balaban J connectivity index is 1.57. The van der Waals surface area contributed by atoms with Gasteiger partial charge in [0.1, 0.15) is 31.2 Å². The van der Waals surface area contributed by atoms with E-state index in [1.165, 1.54) is 17.2 Å². The summed E-state index contributed by atoms with van der Waals surface area (Å²) >= 11 is 0. The summed E-state index contributed by atoms with van der Waals surface area (Å²) in [5, 5.41) is 50.5. The lowest BCUT2D eigenvalue weighted by Crippen LogP contribution is -2.35. The van der Waals surface area contributed by atoms with Crippen LogP contribution in [0.3, 0.4) is 0 Å². The minimum Gasteiger partial charge on any atom is -0.391 e. The van der Waals surface area contributed by atoms with Gasteiger partial charge in [0.25, 0.3) is 0 Å². The molecule has 6 N–H and O–H groups in total. The molecular formula is C15H22N6O7. The molecule has 2 fully saturated rings. The molecule has 3 heterocycles. The Morgan fingerprint density at radius 3 is 2.71 bits per heavy atom. The van der Waals surface area contributed by atoms with Crippen LogP contribution in [0.5, 0.6) is 0 Å². The van der Waals surface area contributed by atoms with Crippen LogP contribution in [0.1, 0.15) is 25.5 Å². The number of aliphatic hydroxyl groups excluding tert-OH is 3. The Morgan fingerprint density at radius 2 is 2.00 bits per heavy atom. The van der Waals surface area contributed by atoms with Crippen molar-refractivity contribution in [2.24, 2.45) is 0 Å². The van der Waals surface area contributed by atoms with Crippen LogP contribution in [0.2, 0.25) is 0 Å². The molecule has 0 radical (unpaired) electrons. The molecule has 6 unspecified atom stereocenters. The molecule has 2 aliphatic rings. The summed E-state index contributed by atoms with van der Waals surface area (Å²) in [6.45, 7) is -0.393. The molecule has 4 rings (SSSR count). The van der Waals surface area contributed by atoms with Gasteiger partial charge in [-0.2, -0.15) is 0 Å². The number of fused-ring (bicyclic) bond motifs is 1. The van der Waals surface area contributed by atoms with E-state index in [1.807, 2.05) is 0 Å². The quantitative estimate of drug-likeness (QED) is 0.320. The lowest BCUT2D eigenvalue weighted by Gasteiger charge is -2.18. The minimum atomic E-state index is -1.32. The normalized spacial score (nSPS) is 33.2. The van der Waals surface area contributed by atoms with Crippen LogP contribution in [-0.2, 0) is 9.57 Å². The van der Waals surface area contributed by atoms with E-state index >= 15 is 0 Å². The Kier molecular flexibility index (Phi) is 5.39. The van der Waals surface area contributed by atoms with Gasteiger partial charge in [0.2, 0.25) is 0 Å². The average Bonchev–Trinajstić information content (AvgIpc) is 3.34. The number of hydrogen-bond donors (Lipinski definition) is 6. The van der Waals surface area contributed by atoms with Gasteiger partial charge in [-0.25, -0.2) is 19.8 Å². The molecule has 1 saturated carbocycles. The Morgan fingerprint density at radius 1 is 1.18 bits per heavy atom. The molecular weight excluding hydrogens is 376 g/mol. The molecule has 6 atom stereocenters. The largest absolute Gasteiger partial charge is 0.391 e. The van der Waals surface area contributed by atoms with E-state index in [2.05, 4.69) is 25.1 Å². The van der Waals surface area contributed by atoms with Crippen LogP contribution in [-0.4, -0.2) is 87.7 Å². The van der Waals surface area contributed by atoms with Crippen molar-refractivity contribution in [2.45, 2.75) is 55.9 Å². The Bertz CT molecular complexity index is 819. The van der Waals surface area contributed by atoms with Gasteiger partial charge in [0.15, 0.2) is 23.2 Å². The van der Waals surface area contributed by atoms with Gasteiger partial charge in [-0.15, -0.1) is 0 Å². The Labute approximate surface area is 158 Å². The number of nitrogens with zero attached hydrogens (tertiary/aromatic N) is 5. The van der Waals surface area contributed by atoms with E-state index < -0.39 is 42.6 Å². The number of rotatable bonds is 6. The van der Waals surface area contributed by atoms with Crippen molar-refractivity contribution >= 4 is 17.0 Å². The fraction of sp³-hybridized carbons (Fsp3) is 0.667. The summed E-state index contributed by atoms with van der Waals surface area (Å²) in [5.41, 5.74) is 0.803. The van der Waals surface area contributed by atoms with Gasteiger partial charge in [-0.3, -0.25) is 15.0 Å². The zero-order valence-electron chi connectivity index (χ0n) is 14.7. The standard InChI is InChI=1S/C15H22N6O7/c22-8-3-1-2-7(8)19-13-10-14(17-5-16-13)20(6-18-10)15-12(24)11(23)9(28-15)4-27-21(25)26/h5-9,11-12,15,22-26H,1-4H2,(H,16,17,19). The van der Waals surface area contributed by atoms with E-state index in [1.54, 1.807) is 0 Å². The average molecular weight is 398 g/mol. The topological polar surface area (TPSA) is 178 Å². The third-order valence-corrected chi connectivity index (χ3v) is 5.13. The highest BCUT2D eigenvalue weighted by Gasteiger charge is 2.44. The molecule has 0 spiro atoms. The fourth-order valence-corrected chi connectivity index (χ4v) is 3.67. The number of ether oxygens (including phenoxy) is 1. The maximum atomic E-state index is 10.3. The minimum absolute atomic E-state index is 0.125. The summed E-state index contributed by atoms with van der Waals surface area (Å²) in [6, 6.07) is -0.125. The molecule has 0 aromatic carbocycles. The lowest BCUT2D eigenvalue weighted by atomic mass is 10.1. The van der Waals surface area contributed by atoms with Crippen molar-refractivity contribution in [3.05, 3.63) is 12.7 Å². The molecule has 2 aromatic rings. The fourth-order valence-electron chi connectivity index (χ4n) is 3.67. The van der Waals surface area contributed by atoms with E-state index in [4.69, 9.17) is 15.2 Å². The number of aromatic nitrogens is 4. The lowest BCUT2D eigenvalue weighted by molar-refractivity contribution is -0.496. The first kappa shape index (κ1) is 19.4. The SMILES string of the molecule is OC1CCCC1Nc1ncnc2c1ncn2C1OC(CON(O)O)C(O)C1O. The summed E-state index contributed by atoms with van der Waals surface area (Å²) in [5.74, 6) is 0.457. The highest BCUT2D eigenvalue weighted by Crippen LogP contribution is 2.33. The molecule has 13 nitrogen and oxygen atoms in total. The highest BCUT2D eigenvalue weighted by molar-refractivity contribution is 5.82. The second-order valence-corrected chi connectivity index (χ2v) is 6.89. The Hall–Kier alpha value is -1.97.